The Bertz CT molecular complexity index is 970. The van der Waals surface area contributed by atoms with E-state index >= 15 is 0 Å². The number of aromatic nitrogens is 2. The van der Waals surface area contributed by atoms with Crippen LogP contribution in [-0.4, -0.2) is 35.0 Å². The summed E-state index contributed by atoms with van der Waals surface area (Å²) in [5.41, 5.74) is 0.768. The van der Waals surface area contributed by atoms with Gasteiger partial charge in [-0.15, -0.1) is 0 Å². The summed E-state index contributed by atoms with van der Waals surface area (Å²) in [4.78, 5) is 27.8. The first-order valence-corrected chi connectivity index (χ1v) is 8.02. The van der Waals surface area contributed by atoms with Crippen LogP contribution in [0.15, 0.2) is 42.7 Å². The number of rotatable bonds is 5. The van der Waals surface area contributed by atoms with Crippen molar-refractivity contribution in [2.75, 3.05) is 19.0 Å². The lowest BCUT2D eigenvalue weighted by Crippen LogP contribution is -2.31. The summed E-state index contributed by atoms with van der Waals surface area (Å²) < 4.78 is 33.7. The molecule has 0 radical (unpaired) electrons. The molecule has 0 spiro atoms. The van der Waals surface area contributed by atoms with Crippen molar-refractivity contribution in [1.29, 1.82) is 0 Å². The number of halogens is 2. The fourth-order valence-corrected chi connectivity index (χ4v) is 2.49. The van der Waals surface area contributed by atoms with Crippen molar-refractivity contribution in [2.45, 2.75) is 6.42 Å². The summed E-state index contributed by atoms with van der Waals surface area (Å²) in [5.74, 6) is -3.05. The van der Waals surface area contributed by atoms with Crippen LogP contribution in [0, 0.1) is 11.6 Å². The van der Waals surface area contributed by atoms with E-state index in [0.29, 0.717) is 12.5 Å². The number of carbonyl (C=O) groups is 2. The smallest absolute Gasteiger partial charge is 0.340 e. The maximum atomic E-state index is 13.8. The molecule has 0 saturated heterocycles. The molecule has 27 heavy (non-hydrogen) atoms. The molecule has 0 atom stereocenters. The number of carbonyl (C=O) groups excluding carboxylic acids is 2. The zero-order valence-corrected chi connectivity index (χ0v) is 14.3. The highest BCUT2D eigenvalue weighted by Gasteiger charge is 2.17. The van der Waals surface area contributed by atoms with Crippen molar-refractivity contribution in [2.24, 2.45) is 0 Å². The fourth-order valence-electron chi connectivity index (χ4n) is 2.49. The third-order valence-corrected chi connectivity index (χ3v) is 3.79. The van der Waals surface area contributed by atoms with Crippen molar-refractivity contribution < 1.29 is 23.1 Å². The van der Waals surface area contributed by atoms with Crippen LogP contribution in [0.25, 0.3) is 5.65 Å². The first-order chi connectivity index (χ1) is 13.0. The van der Waals surface area contributed by atoms with Crippen LogP contribution in [0.2, 0.25) is 0 Å². The summed E-state index contributed by atoms with van der Waals surface area (Å²) in [5, 5.41) is 4.80. The molecule has 0 fully saturated rings. The molecule has 0 aliphatic carbocycles. The second-order valence-electron chi connectivity index (χ2n) is 5.63. The highest BCUT2D eigenvalue weighted by Crippen LogP contribution is 2.20. The molecule has 2 heterocycles. The molecule has 0 saturated carbocycles. The van der Waals surface area contributed by atoms with E-state index in [2.05, 4.69) is 20.4 Å². The summed E-state index contributed by atoms with van der Waals surface area (Å²) in [6.45, 7) is 0.252. The topological polar surface area (TPSA) is 84.7 Å². The minimum absolute atomic E-state index is 0.252. The van der Waals surface area contributed by atoms with Gasteiger partial charge in [0.25, 0.3) is 0 Å². The highest BCUT2D eigenvalue weighted by atomic mass is 19.1. The number of amides is 2. The van der Waals surface area contributed by atoms with Gasteiger partial charge in [-0.3, -0.25) is 0 Å². The van der Waals surface area contributed by atoms with Gasteiger partial charge in [0.15, 0.2) is 0 Å². The van der Waals surface area contributed by atoms with Crippen LogP contribution >= 0.6 is 0 Å². The molecule has 2 amide bonds. The Labute approximate surface area is 153 Å². The van der Waals surface area contributed by atoms with Crippen molar-refractivity contribution >= 4 is 23.3 Å². The number of ether oxygens (including phenoxy) is 1. The summed E-state index contributed by atoms with van der Waals surface area (Å²) >= 11 is 0. The monoisotopic (exact) mass is 374 g/mol. The number of urea groups is 1. The Morgan fingerprint density at radius 2 is 2.04 bits per heavy atom. The number of pyridine rings is 1. The average molecular weight is 374 g/mol. The van der Waals surface area contributed by atoms with Gasteiger partial charge in [-0.2, -0.15) is 0 Å². The van der Waals surface area contributed by atoms with Crippen LogP contribution in [0.5, 0.6) is 0 Å². The summed E-state index contributed by atoms with van der Waals surface area (Å²) in [6, 6.07) is 6.32. The van der Waals surface area contributed by atoms with Gasteiger partial charge in [0, 0.05) is 31.4 Å². The SMILES string of the molecule is COC(=O)c1cc(NC(=O)NCCc2cn3ccccc3n2)c(F)cc1F. The highest BCUT2D eigenvalue weighted by molar-refractivity contribution is 5.94. The van der Waals surface area contributed by atoms with Crippen LogP contribution < -0.4 is 10.6 Å². The van der Waals surface area contributed by atoms with Crippen molar-refractivity contribution in [1.82, 2.24) is 14.7 Å². The standard InChI is InChI=1S/C18H16F2N4O3/c1-27-17(25)12-8-15(14(20)9-13(12)19)23-18(26)21-6-5-11-10-24-7-3-2-4-16(24)22-11/h2-4,7-10H,5-6H2,1H3,(H2,21,23,26). The minimum Gasteiger partial charge on any atom is -0.465 e. The fraction of sp³-hybridized carbons (Fsp3) is 0.167. The Morgan fingerprint density at radius 3 is 2.78 bits per heavy atom. The predicted octanol–water partition coefficient (Wildman–Crippen LogP) is 2.76. The lowest BCUT2D eigenvalue weighted by molar-refractivity contribution is 0.0595. The number of nitrogens with zero attached hydrogens (tertiary/aromatic N) is 2. The third-order valence-electron chi connectivity index (χ3n) is 3.79. The van der Waals surface area contributed by atoms with E-state index in [4.69, 9.17) is 0 Å². The Hall–Kier alpha value is -3.49. The van der Waals surface area contributed by atoms with Crippen LogP contribution in [0.1, 0.15) is 16.1 Å². The van der Waals surface area contributed by atoms with Gasteiger partial charge in [0.05, 0.1) is 24.1 Å². The van der Waals surface area contributed by atoms with E-state index in [1.165, 1.54) is 0 Å². The lowest BCUT2D eigenvalue weighted by atomic mass is 10.2. The molecule has 0 unspecified atom stereocenters. The van der Waals surface area contributed by atoms with Crippen LogP contribution in [0.4, 0.5) is 19.3 Å². The average Bonchev–Trinajstić information content (AvgIpc) is 3.06. The molecule has 1 aromatic carbocycles. The number of anilines is 1. The first-order valence-electron chi connectivity index (χ1n) is 8.02. The molecule has 0 bridgehead atoms. The second kappa shape index (κ2) is 7.81. The van der Waals surface area contributed by atoms with Gasteiger partial charge in [-0.25, -0.2) is 23.4 Å². The minimum atomic E-state index is -1.07. The number of nitrogens with one attached hydrogen (secondary N) is 2. The second-order valence-corrected chi connectivity index (χ2v) is 5.63. The third kappa shape index (κ3) is 4.20. The molecule has 3 rings (SSSR count). The first kappa shape index (κ1) is 18.3. The van der Waals surface area contributed by atoms with Crippen molar-refractivity contribution in [3.05, 3.63) is 65.6 Å². The van der Waals surface area contributed by atoms with Gasteiger partial charge in [0.2, 0.25) is 0 Å². The molecule has 2 N–H and O–H groups in total. The van der Waals surface area contributed by atoms with E-state index < -0.39 is 29.2 Å². The molecule has 9 heteroatoms. The largest absolute Gasteiger partial charge is 0.465 e. The van der Waals surface area contributed by atoms with Crippen LogP contribution in [0.3, 0.4) is 0 Å². The Kier molecular flexibility index (Phi) is 5.30. The normalized spacial score (nSPS) is 10.6. The lowest BCUT2D eigenvalue weighted by Gasteiger charge is -2.10. The maximum Gasteiger partial charge on any atom is 0.340 e. The molecule has 7 nitrogen and oxygen atoms in total. The quantitative estimate of drug-likeness (QED) is 0.673. The number of methoxy groups -OCH3 is 1. The Balaban J connectivity index is 1.59. The molecule has 140 valence electrons. The van der Waals surface area contributed by atoms with Crippen LogP contribution in [-0.2, 0) is 11.2 Å². The summed E-state index contributed by atoms with van der Waals surface area (Å²) in [6.07, 6.45) is 4.17. The van der Waals surface area contributed by atoms with E-state index in [0.717, 1.165) is 24.5 Å². The van der Waals surface area contributed by atoms with E-state index in [9.17, 15) is 18.4 Å². The molecule has 2 aromatic heterocycles. The maximum absolute atomic E-state index is 13.8. The van der Waals surface area contributed by atoms with Gasteiger partial charge in [0.1, 0.15) is 17.3 Å². The zero-order chi connectivity index (χ0) is 19.4. The molecular weight excluding hydrogens is 358 g/mol. The van der Waals surface area contributed by atoms with Crippen molar-refractivity contribution in [3.8, 4) is 0 Å². The molecule has 3 aromatic rings. The van der Waals surface area contributed by atoms with E-state index in [1.54, 1.807) is 0 Å². The van der Waals surface area contributed by atoms with Gasteiger partial charge in [-0.05, 0) is 18.2 Å². The molecular formula is C18H16F2N4O3. The van der Waals surface area contributed by atoms with Crippen molar-refractivity contribution in [3.63, 3.8) is 0 Å². The number of esters is 1. The zero-order valence-electron chi connectivity index (χ0n) is 14.3. The number of hydrogen-bond donors (Lipinski definition) is 2. The van der Waals surface area contributed by atoms with Gasteiger partial charge >= 0.3 is 12.0 Å². The number of hydrogen-bond acceptors (Lipinski definition) is 4. The van der Waals surface area contributed by atoms with E-state index in [-0.39, 0.29) is 12.2 Å². The molecule has 0 aliphatic heterocycles. The van der Waals surface area contributed by atoms with E-state index in [1.807, 2.05) is 35.0 Å². The summed E-state index contributed by atoms with van der Waals surface area (Å²) in [7, 11) is 1.07. The Morgan fingerprint density at radius 1 is 1.22 bits per heavy atom. The number of imidazole rings is 1. The number of benzene rings is 1. The van der Waals surface area contributed by atoms with Gasteiger partial charge < -0.3 is 19.8 Å². The molecule has 0 aliphatic rings. The van der Waals surface area contributed by atoms with Gasteiger partial charge in [-0.1, -0.05) is 6.07 Å². The number of fused-ring (bicyclic) bond motifs is 1. The predicted molar refractivity (Wildman–Crippen MR) is 93.6 cm³/mol.